The maximum Gasteiger partial charge on any atom is 0.387 e. The highest BCUT2D eigenvalue weighted by Crippen LogP contribution is 2.31. The van der Waals surface area contributed by atoms with Crippen molar-refractivity contribution in [2.24, 2.45) is 0 Å². The standard InChI is InChI=1S/C14H14F2N2O2S/c1-18(2)13(19)7-12-17-10(8-21-12)9-5-3-4-6-11(9)20-14(15)16/h3-6,8,14H,7H2,1-2H3. The molecule has 0 aliphatic rings. The number of rotatable bonds is 5. The van der Waals surface area contributed by atoms with E-state index < -0.39 is 6.61 Å². The number of ether oxygens (including phenoxy) is 1. The van der Waals surface area contributed by atoms with E-state index in [9.17, 15) is 13.6 Å². The van der Waals surface area contributed by atoms with Crippen molar-refractivity contribution in [1.82, 2.24) is 9.88 Å². The van der Waals surface area contributed by atoms with Crippen LogP contribution in [0.1, 0.15) is 5.01 Å². The first kappa shape index (κ1) is 15.4. The number of aromatic nitrogens is 1. The Morgan fingerprint density at radius 1 is 1.38 bits per heavy atom. The van der Waals surface area contributed by atoms with E-state index in [-0.39, 0.29) is 18.1 Å². The summed E-state index contributed by atoms with van der Waals surface area (Å²) in [6, 6.07) is 6.46. The minimum Gasteiger partial charge on any atom is -0.434 e. The van der Waals surface area contributed by atoms with E-state index in [1.165, 1.54) is 22.3 Å². The number of hydrogen-bond donors (Lipinski definition) is 0. The topological polar surface area (TPSA) is 42.4 Å². The molecular formula is C14H14F2N2O2S. The molecule has 4 nitrogen and oxygen atoms in total. The van der Waals surface area contributed by atoms with Crippen LogP contribution in [0.2, 0.25) is 0 Å². The molecule has 0 aliphatic heterocycles. The molecule has 0 saturated carbocycles. The van der Waals surface area contributed by atoms with Crippen LogP contribution < -0.4 is 4.74 Å². The van der Waals surface area contributed by atoms with Gasteiger partial charge in [0.25, 0.3) is 0 Å². The quantitative estimate of drug-likeness (QED) is 0.852. The van der Waals surface area contributed by atoms with E-state index in [2.05, 4.69) is 9.72 Å². The fourth-order valence-corrected chi connectivity index (χ4v) is 2.47. The summed E-state index contributed by atoms with van der Waals surface area (Å²) in [4.78, 5) is 17.4. The number of alkyl halides is 2. The Labute approximate surface area is 125 Å². The molecule has 0 atom stereocenters. The Hall–Kier alpha value is -2.02. The first-order valence-electron chi connectivity index (χ1n) is 6.16. The van der Waals surface area contributed by atoms with Gasteiger partial charge in [0.2, 0.25) is 5.91 Å². The molecule has 2 rings (SSSR count). The van der Waals surface area contributed by atoms with Crippen LogP contribution in [-0.4, -0.2) is 36.5 Å². The van der Waals surface area contributed by atoms with Crippen LogP contribution in [-0.2, 0) is 11.2 Å². The molecule has 7 heteroatoms. The molecule has 2 aromatic rings. The highest BCUT2D eigenvalue weighted by molar-refractivity contribution is 7.10. The van der Waals surface area contributed by atoms with Crippen molar-refractivity contribution in [1.29, 1.82) is 0 Å². The zero-order chi connectivity index (χ0) is 15.4. The lowest BCUT2D eigenvalue weighted by Gasteiger charge is -2.09. The number of thiazole rings is 1. The van der Waals surface area contributed by atoms with E-state index in [4.69, 9.17) is 0 Å². The zero-order valence-corrected chi connectivity index (χ0v) is 12.4. The van der Waals surface area contributed by atoms with E-state index in [0.717, 1.165) is 0 Å². The molecule has 0 unspecified atom stereocenters. The molecule has 0 saturated heterocycles. The number of amides is 1. The van der Waals surface area contributed by atoms with Gasteiger partial charge in [-0.25, -0.2) is 4.98 Å². The van der Waals surface area contributed by atoms with Crippen LogP contribution in [0.25, 0.3) is 11.3 Å². The Morgan fingerprint density at radius 3 is 2.76 bits per heavy atom. The van der Waals surface area contributed by atoms with Gasteiger partial charge in [0, 0.05) is 25.0 Å². The van der Waals surface area contributed by atoms with Crippen molar-refractivity contribution >= 4 is 17.2 Å². The van der Waals surface area contributed by atoms with Crippen LogP contribution in [0.4, 0.5) is 8.78 Å². The largest absolute Gasteiger partial charge is 0.434 e. The predicted molar refractivity (Wildman–Crippen MR) is 76.6 cm³/mol. The molecule has 0 aliphatic carbocycles. The van der Waals surface area contributed by atoms with Gasteiger partial charge < -0.3 is 9.64 Å². The van der Waals surface area contributed by atoms with Crippen LogP contribution in [0.5, 0.6) is 5.75 Å². The Morgan fingerprint density at radius 2 is 2.10 bits per heavy atom. The summed E-state index contributed by atoms with van der Waals surface area (Å²) >= 11 is 1.32. The minimum absolute atomic E-state index is 0.0620. The van der Waals surface area contributed by atoms with Crippen molar-refractivity contribution in [3.63, 3.8) is 0 Å². The first-order valence-corrected chi connectivity index (χ1v) is 7.04. The fraction of sp³-hybridized carbons (Fsp3) is 0.286. The van der Waals surface area contributed by atoms with Crippen molar-refractivity contribution in [2.45, 2.75) is 13.0 Å². The van der Waals surface area contributed by atoms with Crippen LogP contribution >= 0.6 is 11.3 Å². The molecular weight excluding hydrogens is 298 g/mol. The summed E-state index contributed by atoms with van der Waals surface area (Å²) in [7, 11) is 3.34. The minimum atomic E-state index is -2.89. The van der Waals surface area contributed by atoms with Gasteiger partial charge in [-0.1, -0.05) is 12.1 Å². The normalized spacial score (nSPS) is 10.7. The smallest absolute Gasteiger partial charge is 0.387 e. The number of carbonyl (C=O) groups is 1. The lowest BCUT2D eigenvalue weighted by Crippen LogP contribution is -2.23. The van der Waals surface area contributed by atoms with Crippen molar-refractivity contribution in [3.8, 4) is 17.0 Å². The highest BCUT2D eigenvalue weighted by Gasteiger charge is 2.15. The van der Waals surface area contributed by atoms with Crippen molar-refractivity contribution in [3.05, 3.63) is 34.7 Å². The van der Waals surface area contributed by atoms with E-state index in [0.29, 0.717) is 16.3 Å². The van der Waals surface area contributed by atoms with Gasteiger partial charge in [0.15, 0.2) is 0 Å². The summed E-state index contributed by atoms with van der Waals surface area (Å²) < 4.78 is 29.3. The summed E-state index contributed by atoms with van der Waals surface area (Å²) in [6.07, 6.45) is 0.190. The molecule has 1 amide bonds. The molecule has 112 valence electrons. The van der Waals surface area contributed by atoms with Gasteiger partial charge in [-0.3, -0.25) is 4.79 Å². The monoisotopic (exact) mass is 312 g/mol. The Balaban J connectivity index is 2.23. The maximum atomic E-state index is 12.4. The molecule has 1 heterocycles. The van der Waals surface area contributed by atoms with Gasteiger partial charge in [0.05, 0.1) is 12.1 Å². The average molecular weight is 312 g/mol. The molecule has 0 N–H and O–H groups in total. The average Bonchev–Trinajstić information content (AvgIpc) is 2.87. The number of halogens is 2. The van der Waals surface area contributed by atoms with Gasteiger partial charge >= 0.3 is 6.61 Å². The summed E-state index contributed by atoms with van der Waals surface area (Å²) in [5.74, 6) is 0.0105. The molecule has 0 spiro atoms. The van der Waals surface area contributed by atoms with E-state index >= 15 is 0 Å². The first-order chi connectivity index (χ1) is 9.97. The van der Waals surface area contributed by atoms with Gasteiger partial charge in [-0.05, 0) is 12.1 Å². The van der Waals surface area contributed by atoms with Crippen LogP contribution in [0.15, 0.2) is 29.6 Å². The third kappa shape index (κ3) is 3.98. The summed E-state index contributed by atoms with van der Waals surface area (Å²) in [5.41, 5.74) is 1.01. The van der Waals surface area contributed by atoms with Crippen LogP contribution in [0, 0.1) is 0 Å². The molecule has 21 heavy (non-hydrogen) atoms. The van der Waals surface area contributed by atoms with Crippen LogP contribution in [0.3, 0.4) is 0 Å². The van der Waals surface area contributed by atoms with Gasteiger partial charge in [0.1, 0.15) is 10.8 Å². The second-order valence-corrected chi connectivity index (χ2v) is 5.41. The molecule has 1 aromatic heterocycles. The van der Waals surface area contributed by atoms with Crippen molar-refractivity contribution in [2.75, 3.05) is 14.1 Å². The maximum absolute atomic E-state index is 12.4. The zero-order valence-electron chi connectivity index (χ0n) is 11.5. The second kappa shape index (κ2) is 6.62. The summed E-state index contributed by atoms with van der Waals surface area (Å²) in [5, 5.41) is 2.36. The number of hydrogen-bond acceptors (Lipinski definition) is 4. The number of carbonyl (C=O) groups excluding carboxylic acids is 1. The number of benzene rings is 1. The third-order valence-corrected chi connectivity index (χ3v) is 3.58. The van der Waals surface area contributed by atoms with Crippen molar-refractivity contribution < 1.29 is 18.3 Å². The highest BCUT2D eigenvalue weighted by atomic mass is 32.1. The predicted octanol–water partition coefficient (Wildman–Crippen LogP) is 3.04. The number of para-hydroxylation sites is 1. The Bertz CT molecular complexity index is 629. The molecule has 0 bridgehead atoms. The lowest BCUT2D eigenvalue weighted by molar-refractivity contribution is -0.127. The second-order valence-electron chi connectivity index (χ2n) is 4.47. The molecule has 0 radical (unpaired) electrons. The summed E-state index contributed by atoms with van der Waals surface area (Å²) in [6.45, 7) is -2.89. The number of likely N-dealkylation sites (N-methyl/N-ethyl adjacent to an activating group) is 1. The fourth-order valence-electron chi connectivity index (χ4n) is 1.68. The van der Waals surface area contributed by atoms with Gasteiger partial charge in [-0.15, -0.1) is 11.3 Å². The Kier molecular flexibility index (Phi) is 4.85. The third-order valence-electron chi connectivity index (χ3n) is 2.73. The van der Waals surface area contributed by atoms with E-state index in [1.807, 2.05) is 0 Å². The molecule has 0 fully saturated rings. The number of nitrogens with zero attached hydrogens (tertiary/aromatic N) is 2. The van der Waals surface area contributed by atoms with E-state index in [1.54, 1.807) is 37.7 Å². The molecule has 1 aromatic carbocycles. The van der Waals surface area contributed by atoms with Gasteiger partial charge in [-0.2, -0.15) is 8.78 Å². The lowest BCUT2D eigenvalue weighted by atomic mass is 10.1. The SMILES string of the molecule is CN(C)C(=O)Cc1nc(-c2ccccc2OC(F)F)cs1.